The van der Waals surface area contributed by atoms with Gasteiger partial charge in [-0.3, -0.25) is 4.98 Å². The molecule has 58 heavy (non-hydrogen) atoms. The van der Waals surface area contributed by atoms with E-state index in [4.69, 9.17) is 4.98 Å². The second kappa shape index (κ2) is 12.8. The molecule has 0 saturated carbocycles. The van der Waals surface area contributed by atoms with Gasteiger partial charge in [0.25, 0.3) is 0 Å². The maximum atomic E-state index is 15.4. The van der Waals surface area contributed by atoms with Crippen molar-refractivity contribution >= 4 is 53.6 Å². The predicted molar refractivity (Wildman–Crippen MR) is 234 cm³/mol. The third-order valence-electron chi connectivity index (χ3n) is 12.4. The Morgan fingerprint density at radius 3 is 1.69 bits per heavy atom. The van der Waals surface area contributed by atoms with E-state index >= 15 is 8.42 Å². The number of benzene rings is 6. The molecule has 1 atom stereocenters. The van der Waals surface area contributed by atoms with Gasteiger partial charge in [-0.15, -0.1) is 0 Å². The Morgan fingerprint density at radius 2 is 1.03 bits per heavy atom. The summed E-state index contributed by atoms with van der Waals surface area (Å²) in [6.45, 7) is 5.92. The lowest BCUT2D eigenvalue weighted by atomic mass is 9.64. The molecule has 1 aliphatic rings. The highest BCUT2D eigenvalue weighted by Gasteiger charge is 2.49. The first-order valence-corrected chi connectivity index (χ1v) is 21.3. The normalized spacial score (nSPS) is 15.9. The van der Waals surface area contributed by atoms with E-state index in [1.807, 2.05) is 66.9 Å². The third-order valence-corrected chi connectivity index (χ3v) is 14.2. The van der Waals surface area contributed by atoms with Crippen molar-refractivity contribution in [3.63, 3.8) is 0 Å². The topological polar surface area (TPSA) is 69.8 Å². The highest BCUT2D eigenvalue weighted by molar-refractivity contribution is 7.91. The zero-order valence-corrected chi connectivity index (χ0v) is 32.9. The van der Waals surface area contributed by atoms with E-state index in [0.29, 0.717) is 9.79 Å². The van der Waals surface area contributed by atoms with Gasteiger partial charge in [0.05, 0.1) is 20.7 Å². The van der Waals surface area contributed by atoms with E-state index in [1.54, 1.807) is 12.4 Å². The number of rotatable bonds is 6. The molecular weight excluding hydrogens is 733 g/mol. The van der Waals surface area contributed by atoms with Crippen molar-refractivity contribution in [1.29, 1.82) is 0 Å². The van der Waals surface area contributed by atoms with E-state index in [2.05, 4.69) is 119 Å². The molecule has 11 rings (SSSR count). The van der Waals surface area contributed by atoms with Crippen LogP contribution in [-0.4, -0.2) is 27.5 Å². The van der Waals surface area contributed by atoms with Crippen molar-refractivity contribution in [3.05, 3.63) is 193 Å². The van der Waals surface area contributed by atoms with Gasteiger partial charge in [0.2, 0.25) is 9.84 Å². The van der Waals surface area contributed by atoms with Gasteiger partial charge in [-0.05, 0) is 125 Å². The largest absolute Gasteiger partial charge is 0.341 e. The zero-order valence-electron chi connectivity index (χ0n) is 32.1. The molecule has 10 aromatic rings. The highest BCUT2D eigenvalue weighted by Crippen LogP contribution is 2.56. The van der Waals surface area contributed by atoms with Crippen LogP contribution < -0.4 is 0 Å². The van der Waals surface area contributed by atoms with Crippen LogP contribution in [0.2, 0.25) is 0 Å². The predicted octanol–water partition coefficient (Wildman–Crippen LogP) is 11.6. The minimum Gasteiger partial charge on any atom is -0.341 e. The molecule has 0 bridgehead atoms. The molecule has 0 amide bonds. The molecule has 280 valence electrons. The average Bonchev–Trinajstić information content (AvgIpc) is 3.78. The maximum absolute atomic E-state index is 15.4. The van der Waals surface area contributed by atoms with Crippen molar-refractivity contribution in [2.24, 2.45) is 0 Å². The number of nitrogens with zero attached hydrogens (tertiary/aromatic N) is 4. The molecule has 0 saturated heterocycles. The summed E-state index contributed by atoms with van der Waals surface area (Å²) in [5.41, 5.74) is 10.3. The van der Waals surface area contributed by atoms with Gasteiger partial charge in [-0.1, -0.05) is 84.9 Å². The second-order valence-electron chi connectivity index (χ2n) is 15.1. The van der Waals surface area contributed by atoms with Gasteiger partial charge in [0.1, 0.15) is 5.65 Å². The van der Waals surface area contributed by atoms with Crippen LogP contribution in [0.3, 0.4) is 0 Å². The van der Waals surface area contributed by atoms with Gasteiger partial charge in [0.15, 0.2) is 0 Å². The lowest BCUT2D eigenvalue weighted by molar-refractivity contribution is 0.579. The summed E-state index contributed by atoms with van der Waals surface area (Å²) in [4.78, 5) is 9.67. The van der Waals surface area contributed by atoms with E-state index in [1.165, 1.54) is 10.9 Å². The van der Waals surface area contributed by atoms with Gasteiger partial charge in [0, 0.05) is 64.3 Å². The SMILES string of the molecule is CCn1c2ccccc2c2cc(C3(c4ccc5c(c4)c4cccnc4n5CC)c4ccc(-c5ccccc5)cc4S(=O)(=O)c4cc(-c5ccncc5)ccc43)ccc21. The van der Waals surface area contributed by atoms with E-state index < -0.39 is 15.3 Å². The first-order chi connectivity index (χ1) is 28.4. The Bertz CT molecular complexity index is 3160. The van der Waals surface area contributed by atoms with Crippen LogP contribution in [0, 0.1) is 0 Å². The Hall–Kier alpha value is -6.83. The minimum atomic E-state index is -4.04. The molecule has 1 aliphatic heterocycles. The van der Waals surface area contributed by atoms with Crippen LogP contribution in [0.15, 0.2) is 180 Å². The van der Waals surface area contributed by atoms with Crippen LogP contribution in [0.1, 0.15) is 36.1 Å². The molecule has 6 nitrogen and oxygen atoms in total. The highest BCUT2D eigenvalue weighted by atomic mass is 32.2. The minimum absolute atomic E-state index is 0.299. The Morgan fingerprint density at radius 1 is 0.483 bits per heavy atom. The molecule has 0 radical (unpaired) electrons. The summed E-state index contributed by atoms with van der Waals surface area (Å²) >= 11 is 0. The van der Waals surface area contributed by atoms with Gasteiger partial charge in [-0.25, -0.2) is 13.4 Å². The number of para-hydroxylation sites is 1. The molecule has 7 heteroatoms. The lowest BCUT2D eigenvalue weighted by Gasteiger charge is -2.42. The molecule has 1 unspecified atom stereocenters. The van der Waals surface area contributed by atoms with Crippen LogP contribution in [0.4, 0.5) is 0 Å². The van der Waals surface area contributed by atoms with E-state index in [9.17, 15) is 0 Å². The number of fused-ring (bicyclic) bond motifs is 8. The number of hydrogen-bond donors (Lipinski definition) is 0. The molecule has 0 fully saturated rings. The third kappa shape index (κ3) is 4.74. The molecule has 0 spiro atoms. The number of aryl methyl sites for hydroxylation is 2. The smallest absolute Gasteiger partial charge is 0.207 e. The molecule has 6 aromatic carbocycles. The molecule has 0 N–H and O–H groups in total. The van der Waals surface area contributed by atoms with Crippen LogP contribution >= 0.6 is 0 Å². The maximum Gasteiger partial charge on any atom is 0.207 e. The Balaban J connectivity index is 1.32. The Kier molecular flexibility index (Phi) is 7.62. The second-order valence-corrected chi connectivity index (χ2v) is 17.0. The molecule has 0 aliphatic carbocycles. The first-order valence-electron chi connectivity index (χ1n) is 19.8. The van der Waals surface area contributed by atoms with E-state index in [-0.39, 0.29) is 0 Å². The number of sulfone groups is 1. The Labute approximate surface area is 336 Å². The van der Waals surface area contributed by atoms with E-state index in [0.717, 1.165) is 90.4 Å². The number of aromatic nitrogens is 4. The lowest BCUT2D eigenvalue weighted by Crippen LogP contribution is -2.37. The van der Waals surface area contributed by atoms with Crippen molar-refractivity contribution < 1.29 is 8.42 Å². The summed E-state index contributed by atoms with van der Waals surface area (Å²) in [6.07, 6.45) is 5.34. The van der Waals surface area contributed by atoms with Crippen molar-refractivity contribution in [3.8, 4) is 22.3 Å². The van der Waals surface area contributed by atoms with Crippen LogP contribution in [0.25, 0.3) is 66.0 Å². The fourth-order valence-corrected chi connectivity index (χ4v) is 11.6. The fourth-order valence-electron chi connectivity index (χ4n) is 9.80. The zero-order chi connectivity index (χ0) is 39.2. The van der Waals surface area contributed by atoms with Gasteiger partial charge < -0.3 is 9.13 Å². The summed E-state index contributed by atoms with van der Waals surface area (Å²) in [6, 6.07) is 52.1. The van der Waals surface area contributed by atoms with Crippen LogP contribution in [-0.2, 0) is 28.3 Å². The summed E-state index contributed by atoms with van der Waals surface area (Å²) < 4.78 is 35.5. The fraction of sp³-hybridized carbons (Fsp3) is 0.0980. The van der Waals surface area contributed by atoms with Crippen molar-refractivity contribution in [1.82, 2.24) is 19.1 Å². The first kappa shape index (κ1) is 34.4. The monoisotopic (exact) mass is 770 g/mol. The molecule has 4 aromatic heterocycles. The van der Waals surface area contributed by atoms with Crippen molar-refractivity contribution in [2.45, 2.75) is 42.1 Å². The summed E-state index contributed by atoms with van der Waals surface area (Å²) in [5, 5.41) is 4.44. The van der Waals surface area contributed by atoms with Crippen molar-refractivity contribution in [2.75, 3.05) is 0 Å². The number of hydrogen-bond acceptors (Lipinski definition) is 4. The van der Waals surface area contributed by atoms with Crippen LogP contribution in [0.5, 0.6) is 0 Å². The quantitative estimate of drug-likeness (QED) is 0.169. The molecular formula is C51H38N4O2S. The summed E-state index contributed by atoms with van der Waals surface area (Å²) in [7, 11) is -4.04. The molecule has 5 heterocycles. The number of pyridine rings is 2. The average molecular weight is 771 g/mol. The van der Waals surface area contributed by atoms with Gasteiger partial charge in [-0.2, -0.15) is 0 Å². The standard InChI is InChI=1S/C51H38N4O2S/c1-3-54-45-15-9-8-13-39(45)41-31-37(18-22-46(41)54)51(38-19-23-47-42(32-38)40-14-10-26-53-50(40)55(47)4-2)43-20-16-35(33-11-6-5-7-12-33)29-48(43)58(56,57)49-30-36(17-21-44(49)51)34-24-27-52-28-25-34/h5-32H,3-4H2,1-2H3. The summed E-state index contributed by atoms with van der Waals surface area (Å²) in [5.74, 6) is 0. The van der Waals surface area contributed by atoms with Gasteiger partial charge >= 0.3 is 0 Å².